The highest BCUT2D eigenvalue weighted by Crippen LogP contribution is 2.20. The molecule has 0 aliphatic carbocycles. The Hall–Kier alpha value is -3.43. The highest BCUT2D eigenvalue weighted by atomic mass is 35.5. The molecule has 2 N–H and O–H groups in total. The molecule has 0 saturated carbocycles. The molecule has 2 aromatic heterocycles. The number of thioether (sulfide) groups is 1. The summed E-state index contributed by atoms with van der Waals surface area (Å²) in [6, 6.07) is 14.5. The number of fused-ring (bicyclic) bond motifs is 1. The van der Waals surface area contributed by atoms with Crippen molar-refractivity contribution in [1.82, 2.24) is 30.0 Å². The number of aromatic amines is 1. The minimum Gasteiger partial charge on any atom is -0.345 e. The second kappa shape index (κ2) is 9.80. The Morgan fingerprint density at radius 2 is 1.97 bits per heavy atom. The minimum atomic E-state index is -0.264. The molecular weight excluding hydrogens is 448 g/mol. The summed E-state index contributed by atoms with van der Waals surface area (Å²) in [5.74, 6) is 1.33. The van der Waals surface area contributed by atoms with E-state index in [1.807, 2.05) is 37.4 Å². The van der Waals surface area contributed by atoms with Crippen molar-refractivity contribution in [2.45, 2.75) is 17.5 Å². The summed E-state index contributed by atoms with van der Waals surface area (Å²) < 4.78 is 1.79. The van der Waals surface area contributed by atoms with Gasteiger partial charge in [0.2, 0.25) is 5.91 Å². The van der Waals surface area contributed by atoms with Crippen molar-refractivity contribution in [3.63, 3.8) is 0 Å². The molecule has 0 saturated heterocycles. The van der Waals surface area contributed by atoms with Gasteiger partial charge in [-0.05, 0) is 29.8 Å². The second-order valence-corrected chi connectivity index (χ2v) is 8.20. The lowest BCUT2D eigenvalue weighted by molar-refractivity contribution is -0.116. The third-order valence-electron chi connectivity index (χ3n) is 4.67. The molecule has 0 fully saturated rings. The van der Waals surface area contributed by atoms with Crippen LogP contribution >= 0.6 is 23.4 Å². The third-order valence-corrected chi connectivity index (χ3v) is 6.04. The van der Waals surface area contributed by atoms with Gasteiger partial charge in [0.25, 0.3) is 5.56 Å². The van der Waals surface area contributed by atoms with Gasteiger partial charge in [0, 0.05) is 18.1 Å². The predicted molar refractivity (Wildman–Crippen MR) is 125 cm³/mol. The van der Waals surface area contributed by atoms with Gasteiger partial charge < -0.3 is 14.9 Å². The first-order chi connectivity index (χ1) is 15.5. The number of aromatic nitrogens is 5. The molecule has 0 spiro atoms. The summed E-state index contributed by atoms with van der Waals surface area (Å²) in [7, 11) is 1.82. The van der Waals surface area contributed by atoms with Crippen LogP contribution < -0.4 is 10.9 Å². The largest absolute Gasteiger partial charge is 0.345 e. The van der Waals surface area contributed by atoms with Crippen molar-refractivity contribution in [3.05, 3.63) is 87.2 Å². The van der Waals surface area contributed by atoms with E-state index in [9.17, 15) is 9.59 Å². The summed E-state index contributed by atoms with van der Waals surface area (Å²) in [5.41, 5.74) is 1.25. The molecule has 4 rings (SSSR count). The van der Waals surface area contributed by atoms with Crippen LogP contribution in [-0.4, -0.2) is 30.6 Å². The monoisotopic (exact) mass is 466 g/mol. The van der Waals surface area contributed by atoms with E-state index in [0.29, 0.717) is 38.5 Å². The van der Waals surface area contributed by atoms with Crippen LogP contribution in [0.2, 0.25) is 5.02 Å². The van der Waals surface area contributed by atoms with Crippen molar-refractivity contribution >= 4 is 46.2 Å². The second-order valence-electron chi connectivity index (χ2n) is 6.85. The van der Waals surface area contributed by atoms with Crippen LogP contribution in [-0.2, 0) is 24.1 Å². The summed E-state index contributed by atoms with van der Waals surface area (Å²) >= 11 is 7.48. The zero-order chi connectivity index (χ0) is 22.5. The number of halogens is 1. The fraction of sp³-hybridized carbons (Fsp3) is 0.136. The Balaban J connectivity index is 1.36. The van der Waals surface area contributed by atoms with Gasteiger partial charge >= 0.3 is 0 Å². The van der Waals surface area contributed by atoms with Crippen LogP contribution in [0.5, 0.6) is 0 Å². The molecule has 0 unspecified atom stereocenters. The van der Waals surface area contributed by atoms with E-state index < -0.39 is 0 Å². The summed E-state index contributed by atoms with van der Waals surface area (Å²) in [6.45, 7) is 0.223. The summed E-state index contributed by atoms with van der Waals surface area (Å²) in [4.78, 5) is 31.6. The van der Waals surface area contributed by atoms with Crippen LogP contribution in [0.15, 0.2) is 64.6 Å². The topological polar surface area (TPSA) is 106 Å². The van der Waals surface area contributed by atoms with E-state index in [2.05, 4.69) is 25.5 Å². The Morgan fingerprint density at radius 1 is 1.19 bits per heavy atom. The number of rotatable bonds is 7. The summed E-state index contributed by atoms with van der Waals surface area (Å²) in [6.07, 6.45) is 3.09. The SMILES string of the molecule is Cn1c(CNC(=O)C=Cc2ccccc2Cl)nnc1SCc1nc2ccccc2c(=O)[nH]1. The predicted octanol–water partition coefficient (Wildman–Crippen LogP) is 3.33. The standard InChI is InChI=1S/C22H19ClN6O2S/c1-29-19(12-24-20(30)11-10-14-6-2-4-8-16(14)23)27-28-22(29)32-13-18-25-17-9-5-3-7-15(17)21(31)26-18/h2-11H,12-13H2,1H3,(H,24,30)(H,25,26,31). The number of amides is 1. The average Bonchev–Trinajstić information content (AvgIpc) is 3.15. The normalized spacial score (nSPS) is 11.3. The van der Waals surface area contributed by atoms with E-state index in [4.69, 9.17) is 11.6 Å². The van der Waals surface area contributed by atoms with E-state index in [-0.39, 0.29) is 18.0 Å². The number of hydrogen-bond donors (Lipinski definition) is 2. The fourth-order valence-electron chi connectivity index (χ4n) is 2.96. The van der Waals surface area contributed by atoms with Gasteiger partial charge in [-0.25, -0.2) is 4.98 Å². The molecular formula is C22H19ClN6O2S. The lowest BCUT2D eigenvalue weighted by Crippen LogP contribution is -2.22. The number of hydrogen-bond acceptors (Lipinski definition) is 6. The maximum Gasteiger partial charge on any atom is 0.258 e. The zero-order valence-electron chi connectivity index (χ0n) is 17.1. The van der Waals surface area contributed by atoms with Crippen molar-refractivity contribution in [2.24, 2.45) is 7.05 Å². The Morgan fingerprint density at radius 3 is 2.81 bits per heavy atom. The fourth-order valence-corrected chi connectivity index (χ4v) is 3.96. The average molecular weight is 467 g/mol. The highest BCUT2D eigenvalue weighted by Gasteiger charge is 2.11. The molecule has 0 bridgehead atoms. The Bertz CT molecular complexity index is 1360. The van der Waals surface area contributed by atoms with Gasteiger partial charge in [0.05, 0.1) is 23.2 Å². The number of nitrogens with one attached hydrogen (secondary N) is 2. The van der Waals surface area contributed by atoms with Gasteiger partial charge in [-0.2, -0.15) is 0 Å². The number of H-pyrrole nitrogens is 1. The Labute approximate surface area is 192 Å². The van der Waals surface area contributed by atoms with Gasteiger partial charge in [-0.3, -0.25) is 9.59 Å². The molecule has 10 heteroatoms. The molecule has 162 valence electrons. The molecule has 0 radical (unpaired) electrons. The van der Waals surface area contributed by atoms with Crippen molar-refractivity contribution < 1.29 is 4.79 Å². The number of nitrogens with zero attached hydrogens (tertiary/aromatic N) is 4. The quantitative estimate of drug-likeness (QED) is 0.319. The molecule has 0 aliphatic heterocycles. The maximum absolute atomic E-state index is 12.2. The van der Waals surface area contributed by atoms with Crippen LogP contribution in [0, 0.1) is 0 Å². The highest BCUT2D eigenvalue weighted by molar-refractivity contribution is 7.98. The lowest BCUT2D eigenvalue weighted by Gasteiger charge is -2.05. The van der Waals surface area contributed by atoms with Gasteiger partial charge in [0.15, 0.2) is 11.0 Å². The van der Waals surface area contributed by atoms with E-state index >= 15 is 0 Å². The van der Waals surface area contributed by atoms with Gasteiger partial charge in [-0.15, -0.1) is 10.2 Å². The van der Waals surface area contributed by atoms with Gasteiger partial charge in [-0.1, -0.05) is 53.7 Å². The molecule has 4 aromatic rings. The lowest BCUT2D eigenvalue weighted by atomic mass is 10.2. The van der Waals surface area contributed by atoms with Crippen LogP contribution in [0.3, 0.4) is 0 Å². The van der Waals surface area contributed by atoms with Crippen LogP contribution in [0.4, 0.5) is 0 Å². The number of carbonyl (C=O) groups is 1. The molecule has 8 nitrogen and oxygen atoms in total. The Kier molecular flexibility index (Phi) is 6.67. The molecule has 2 heterocycles. The van der Waals surface area contributed by atoms with Crippen LogP contribution in [0.1, 0.15) is 17.2 Å². The third kappa shape index (κ3) is 5.06. The number of benzene rings is 2. The number of carbonyl (C=O) groups excluding carboxylic acids is 1. The first-order valence-corrected chi connectivity index (χ1v) is 11.1. The van der Waals surface area contributed by atoms with E-state index in [1.165, 1.54) is 17.8 Å². The van der Waals surface area contributed by atoms with Gasteiger partial charge in [0.1, 0.15) is 5.82 Å². The molecule has 0 atom stereocenters. The van der Waals surface area contributed by atoms with E-state index in [0.717, 1.165) is 5.56 Å². The van der Waals surface area contributed by atoms with Crippen molar-refractivity contribution in [2.75, 3.05) is 0 Å². The smallest absolute Gasteiger partial charge is 0.258 e. The maximum atomic E-state index is 12.2. The first-order valence-electron chi connectivity index (χ1n) is 9.70. The minimum absolute atomic E-state index is 0.169. The molecule has 0 aliphatic rings. The van der Waals surface area contributed by atoms with E-state index in [1.54, 1.807) is 28.8 Å². The molecule has 32 heavy (non-hydrogen) atoms. The van der Waals surface area contributed by atoms with Crippen molar-refractivity contribution in [1.29, 1.82) is 0 Å². The number of para-hydroxylation sites is 1. The summed E-state index contributed by atoms with van der Waals surface area (Å²) in [5, 5.41) is 12.9. The first kappa shape index (κ1) is 21.8. The molecule has 1 amide bonds. The zero-order valence-corrected chi connectivity index (χ0v) is 18.7. The van der Waals surface area contributed by atoms with Crippen molar-refractivity contribution in [3.8, 4) is 0 Å². The van der Waals surface area contributed by atoms with Crippen LogP contribution in [0.25, 0.3) is 17.0 Å². The molecule has 2 aromatic carbocycles.